The summed E-state index contributed by atoms with van der Waals surface area (Å²) in [7, 11) is -2.32. The average Bonchev–Trinajstić information content (AvgIpc) is 2.76. The molecule has 0 aliphatic rings. The number of amides is 2. The number of sulfonamides is 1. The fourth-order valence-corrected chi connectivity index (χ4v) is 4.61. The summed E-state index contributed by atoms with van der Waals surface area (Å²) in [5, 5.41) is 3.22. The first-order chi connectivity index (χ1) is 15.4. The lowest BCUT2D eigenvalue weighted by atomic mass is 10.0. The monoisotopic (exact) mass is 513 g/mol. The smallest absolute Gasteiger partial charge is 0.244 e. The molecule has 0 aromatic heterocycles. The topological polar surface area (TPSA) is 86.8 Å². The van der Waals surface area contributed by atoms with Gasteiger partial charge in [0, 0.05) is 13.6 Å². The minimum Gasteiger partial charge on any atom is -0.357 e. The third kappa shape index (κ3) is 6.85. The molecular formula is C23H29Cl2N3O4S. The zero-order valence-electron chi connectivity index (χ0n) is 19.3. The predicted molar refractivity (Wildman–Crippen MR) is 133 cm³/mol. The van der Waals surface area contributed by atoms with Gasteiger partial charge in [0.15, 0.2) is 0 Å². The standard InChI is InChI=1S/C23H29Cl2N3O4S/c1-15(2)18-8-6-7-9-21(18)28(33(5,31)32)14-22(29)27(16(3)23(30)26-4)13-17-10-11-19(24)20(25)12-17/h6-12,15-16H,13-14H2,1-5H3,(H,26,30). The Kier molecular flexibility index (Phi) is 9.17. The quantitative estimate of drug-likeness (QED) is 0.547. The molecule has 2 rings (SSSR count). The molecule has 2 aromatic rings. The van der Waals surface area contributed by atoms with Crippen molar-refractivity contribution in [2.45, 2.75) is 39.3 Å². The Morgan fingerprint density at radius 3 is 2.21 bits per heavy atom. The number of nitrogens with zero attached hydrogens (tertiary/aromatic N) is 2. The fourth-order valence-electron chi connectivity index (χ4n) is 3.42. The summed E-state index contributed by atoms with van der Waals surface area (Å²) in [6.07, 6.45) is 1.06. The lowest BCUT2D eigenvalue weighted by Gasteiger charge is -2.32. The van der Waals surface area contributed by atoms with Crippen molar-refractivity contribution in [3.63, 3.8) is 0 Å². The van der Waals surface area contributed by atoms with E-state index in [1.54, 1.807) is 37.3 Å². The van der Waals surface area contributed by atoms with Gasteiger partial charge in [-0.1, -0.05) is 61.3 Å². The summed E-state index contributed by atoms with van der Waals surface area (Å²) >= 11 is 12.1. The number of hydrogen-bond acceptors (Lipinski definition) is 4. The van der Waals surface area contributed by atoms with Crippen molar-refractivity contribution in [3.8, 4) is 0 Å². The van der Waals surface area contributed by atoms with E-state index < -0.39 is 28.5 Å². The molecule has 0 aliphatic heterocycles. The Morgan fingerprint density at radius 2 is 1.67 bits per heavy atom. The Labute approximate surface area is 205 Å². The summed E-state index contributed by atoms with van der Waals surface area (Å²) in [5.41, 5.74) is 1.89. The van der Waals surface area contributed by atoms with Crippen LogP contribution in [0.4, 0.5) is 5.69 Å². The zero-order chi connectivity index (χ0) is 24.9. The van der Waals surface area contributed by atoms with E-state index in [4.69, 9.17) is 23.2 Å². The number of hydrogen-bond donors (Lipinski definition) is 1. The second kappa shape index (κ2) is 11.2. The number of anilines is 1. The van der Waals surface area contributed by atoms with Gasteiger partial charge in [0.1, 0.15) is 12.6 Å². The Balaban J connectivity index is 2.46. The number of carbonyl (C=O) groups excluding carboxylic acids is 2. The molecule has 1 unspecified atom stereocenters. The first kappa shape index (κ1) is 27.0. The Morgan fingerprint density at radius 1 is 1.03 bits per heavy atom. The summed E-state index contributed by atoms with van der Waals surface area (Å²) in [5.74, 6) is -0.865. The maximum Gasteiger partial charge on any atom is 0.244 e. The molecular weight excluding hydrogens is 485 g/mol. The minimum atomic E-state index is -3.79. The van der Waals surface area contributed by atoms with Crippen LogP contribution in [0.1, 0.15) is 37.8 Å². The van der Waals surface area contributed by atoms with E-state index in [0.717, 1.165) is 16.1 Å². The van der Waals surface area contributed by atoms with Gasteiger partial charge in [0.25, 0.3) is 0 Å². The maximum atomic E-state index is 13.5. The van der Waals surface area contributed by atoms with Crippen LogP contribution in [0.2, 0.25) is 10.0 Å². The van der Waals surface area contributed by atoms with Crippen LogP contribution in [0.5, 0.6) is 0 Å². The van der Waals surface area contributed by atoms with E-state index in [2.05, 4.69) is 5.32 Å². The minimum absolute atomic E-state index is 0.0395. The third-order valence-electron chi connectivity index (χ3n) is 5.26. The summed E-state index contributed by atoms with van der Waals surface area (Å²) in [6, 6.07) is 11.1. The number of carbonyl (C=O) groups is 2. The molecule has 0 bridgehead atoms. The van der Waals surface area contributed by atoms with Gasteiger partial charge in [-0.15, -0.1) is 0 Å². The van der Waals surface area contributed by atoms with Crippen molar-refractivity contribution in [3.05, 3.63) is 63.6 Å². The first-order valence-corrected chi connectivity index (χ1v) is 13.0. The van der Waals surface area contributed by atoms with Gasteiger partial charge >= 0.3 is 0 Å². The van der Waals surface area contributed by atoms with Crippen molar-refractivity contribution < 1.29 is 18.0 Å². The van der Waals surface area contributed by atoms with Crippen LogP contribution in [-0.2, 0) is 26.2 Å². The first-order valence-electron chi connectivity index (χ1n) is 10.4. The highest BCUT2D eigenvalue weighted by Gasteiger charge is 2.30. The van der Waals surface area contributed by atoms with E-state index in [1.165, 1.54) is 11.9 Å². The Hall–Kier alpha value is -2.29. The number of likely N-dealkylation sites (N-methyl/N-ethyl adjacent to an activating group) is 1. The molecule has 0 radical (unpaired) electrons. The molecule has 33 heavy (non-hydrogen) atoms. The van der Waals surface area contributed by atoms with Crippen LogP contribution in [-0.4, -0.2) is 51.0 Å². The van der Waals surface area contributed by atoms with Crippen molar-refractivity contribution in [2.24, 2.45) is 0 Å². The summed E-state index contributed by atoms with van der Waals surface area (Å²) in [4.78, 5) is 27.2. The van der Waals surface area contributed by atoms with E-state index in [1.807, 2.05) is 26.0 Å². The highest BCUT2D eigenvalue weighted by atomic mass is 35.5. The molecule has 0 saturated heterocycles. The van der Waals surface area contributed by atoms with Crippen molar-refractivity contribution in [1.29, 1.82) is 0 Å². The predicted octanol–water partition coefficient (Wildman–Crippen LogP) is 4.05. The SMILES string of the molecule is CNC(=O)C(C)N(Cc1ccc(Cl)c(Cl)c1)C(=O)CN(c1ccccc1C(C)C)S(C)(=O)=O. The van der Waals surface area contributed by atoms with Gasteiger partial charge in [-0.05, 0) is 42.2 Å². The number of halogens is 2. The molecule has 0 saturated carbocycles. The van der Waals surface area contributed by atoms with Gasteiger partial charge in [0.05, 0.1) is 22.0 Å². The van der Waals surface area contributed by atoms with Gasteiger partial charge in [-0.3, -0.25) is 13.9 Å². The second-order valence-electron chi connectivity index (χ2n) is 8.04. The fraction of sp³-hybridized carbons (Fsp3) is 0.391. The van der Waals surface area contributed by atoms with Gasteiger partial charge in [-0.2, -0.15) is 0 Å². The normalized spacial score (nSPS) is 12.4. The average molecular weight is 514 g/mol. The molecule has 10 heteroatoms. The van der Waals surface area contributed by atoms with E-state index in [0.29, 0.717) is 21.3 Å². The van der Waals surface area contributed by atoms with E-state index in [9.17, 15) is 18.0 Å². The molecule has 2 aromatic carbocycles. The second-order valence-corrected chi connectivity index (χ2v) is 10.8. The molecule has 1 atom stereocenters. The highest BCUT2D eigenvalue weighted by Crippen LogP contribution is 2.29. The number of para-hydroxylation sites is 1. The number of benzene rings is 2. The van der Waals surface area contributed by atoms with Crippen LogP contribution in [0.25, 0.3) is 0 Å². The summed E-state index contributed by atoms with van der Waals surface area (Å²) in [6.45, 7) is 5.08. The molecule has 0 spiro atoms. The maximum absolute atomic E-state index is 13.5. The van der Waals surface area contributed by atoms with Crippen molar-refractivity contribution in [2.75, 3.05) is 24.2 Å². The highest BCUT2D eigenvalue weighted by molar-refractivity contribution is 7.92. The zero-order valence-corrected chi connectivity index (χ0v) is 21.6. The molecule has 180 valence electrons. The molecule has 0 heterocycles. The Bertz CT molecular complexity index is 1120. The molecule has 0 fully saturated rings. The number of rotatable bonds is 9. The molecule has 2 amide bonds. The van der Waals surface area contributed by atoms with Crippen LogP contribution in [0.15, 0.2) is 42.5 Å². The van der Waals surface area contributed by atoms with Gasteiger partial charge in [0.2, 0.25) is 21.8 Å². The lowest BCUT2D eigenvalue weighted by Crippen LogP contribution is -2.50. The van der Waals surface area contributed by atoms with Crippen molar-refractivity contribution >= 4 is 50.7 Å². The van der Waals surface area contributed by atoms with Crippen molar-refractivity contribution in [1.82, 2.24) is 10.2 Å². The number of nitrogens with one attached hydrogen (secondary N) is 1. The lowest BCUT2D eigenvalue weighted by molar-refractivity contribution is -0.139. The molecule has 7 nitrogen and oxygen atoms in total. The molecule has 0 aliphatic carbocycles. The largest absolute Gasteiger partial charge is 0.357 e. The summed E-state index contributed by atoms with van der Waals surface area (Å²) < 4.78 is 26.5. The van der Waals surface area contributed by atoms with Crippen LogP contribution in [0, 0.1) is 0 Å². The molecule has 1 N–H and O–H groups in total. The van der Waals surface area contributed by atoms with Gasteiger partial charge in [-0.25, -0.2) is 8.42 Å². The van der Waals surface area contributed by atoms with Crippen LogP contribution >= 0.6 is 23.2 Å². The van der Waals surface area contributed by atoms with Gasteiger partial charge < -0.3 is 10.2 Å². The third-order valence-corrected chi connectivity index (χ3v) is 7.12. The van der Waals surface area contributed by atoms with Crippen LogP contribution in [0.3, 0.4) is 0 Å². The van der Waals surface area contributed by atoms with E-state index in [-0.39, 0.29) is 18.4 Å². The van der Waals surface area contributed by atoms with Crippen LogP contribution < -0.4 is 9.62 Å². The van der Waals surface area contributed by atoms with E-state index >= 15 is 0 Å².